The normalized spacial score (nSPS) is 23.3. The molecule has 0 unspecified atom stereocenters. The zero-order chi connectivity index (χ0) is 15.2. The molecule has 1 fully saturated rings. The van der Waals surface area contributed by atoms with Gasteiger partial charge < -0.3 is 16.2 Å². The average molecular weight is 292 g/mol. The first-order valence-electron chi connectivity index (χ1n) is 7.11. The molecule has 1 aromatic heterocycles. The molecule has 1 saturated carbocycles. The highest BCUT2D eigenvalue weighted by Crippen LogP contribution is 2.27. The maximum absolute atomic E-state index is 12.0. The van der Waals surface area contributed by atoms with Crippen LogP contribution in [0, 0.1) is 5.92 Å². The Kier molecular flexibility index (Phi) is 5.21. The van der Waals surface area contributed by atoms with Crippen LogP contribution < -0.4 is 11.1 Å². The van der Waals surface area contributed by atoms with Crippen LogP contribution in [0.5, 0.6) is 0 Å². The first-order valence-corrected chi connectivity index (χ1v) is 7.11. The molecule has 1 aliphatic rings. The first-order chi connectivity index (χ1) is 10.1. The van der Waals surface area contributed by atoms with Crippen molar-refractivity contribution < 1.29 is 14.7 Å². The van der Waals surface area contributed by atoms with Gasteiger partial charge in [-0.15, -0.1) is 0 Å². The summed E-state index contributed by atoms with van der Waals surface area (Å²) >= 11 is 0. The van der Waals surface area contributed by atoms with Gasteiger partial charge in [-0.3, -0.25) is 9.59 Å². The van der Waals surface area contributed by atoms with Crippen molar-refractivity contribution in [2.45, 2.75) is 44.2 Å². The van der Waals surface area contributed by atoms with Gasteiger partial charge in [-0.2, -0.15) is 0 Å². The Morgan fingerprint density at radius 2 is 2.10 bits per heavy atom. The molecule has 2 rings (SSSR count). The summed E-state index contributed by atoms with van der Waals surface area (Å²) in [4.78, 5) is 30.4. The number of nitrogens with two attached hydrogens (primary N) is 1. The van der Waals surface area contributed by atoms with E-state index in [1.807, 2.05) is 0 Å². The maximum atomic E-state index is 12.0. The topological polar surface area (TPSA) is 118 Å². The van der Waals surface area contributed by atoms with Crippen LogP contribution in [0.15, 0.2) is 18.6 Å². The Labute approximate surface area is 123 Å². The summed E-state index contributed by atoms with van der Waals surface area (Å²) < 4.78 is 0. The van der Waals surface area contributed by atoms with Gasteiger partial charge in [0.2, 0.25) is 0 Å². The van der Waals surface area contributed by atoms with Crippen LogP contribution in [0.4, 0.5) is 0 Å². The van der Waals surface area contributed by atoms with Gasteiger partial charge in [0.1, 0.15) is 18.1 Å². The van der Waals surface area contributed by atoms with E-state index in [0.29, 0.717) is 18.0 Å². The van der Waals surface area contributed by atoms with Gasteiger partial charge >= 0.3 is 5.97 Å². The highest BCUT2D eigenvalue weighted by molar-refractivity contribution is 5.92. The van der Waals surface area contributed by atoms with E-state index in [9.17, 15) is 9.59 Å². The van der Waals surface area contributed by atoms with Gasteiger partial charge in [0.15, 0.2) is 0 Å². The minimum atomic E-state index is -0.950. The monoisotopic (exact) mass is 292 g/mol. The van der Waals surface area contributed by atoms with Crippen molar-refractivity contribution in [2.24, 2.45) is 11.7 Å². The van der Waals surface area contributed by atoms with Crippen LogP contribution in [0.2, 0.25) is 0 Å². The third-order valence-electron chi connectivity index (χ3n) is 3.90. The van der Waals surface area contributed by atoms with E-state index in [1.54, 1.807) is 6.07 Å². The molecule has 1 amide bonds. The van der Waals surface area contributed by atoms with Gasteiger partial charge in [0.05, 0.1) is 0 Å². The summed E-state index contributed by atoms with van der Waals surface area (Å²) in [5.74, 6) is -0.819. The molecule has 114 valence electrons. The van der Waals surface area contributed by atoms with Crippen molar-refractivity contribution in [3.05, 3.63) is 24.3 Å². The number of nitrogens with zero attached hydrogens (tertiary/aromatic N) is 2. The van der Waals surface area contributed by atoms with Gasteiger partial charge in [0, 0.05) is 12.2 Å². The Morgan fingerprint density at radius 1 is 1.38 bits per heavy atom. The molecule has 1 aromatic rings. The van der Waals surface area contributed by atoms with Crippen LogP contribution in [0.3, 0.4) is 0 Å². The maximum Gasteiger partial charge on any atom is 0.320 e. The third-order valence-corrected chi connectivity index (χ3v) is 3.90. The minimum Gasteiger partial charge on any atom is -0.480 e. The van der Waals surface area contributed by atoms with E-state index in [1.165, 1.54) is 12.5 Å². The average Bonchev–Trinajstić information content (AvgIpc) is 2.50. The van der Waals surface area contributed by atoms with Crippen LogP contribution in [-0.4, -0.2) is 39.0 Å². The second-order valence-corrected chi connectivity index (χ2v) is 5.47. The number of rotatable bonds is 5. The predicted octanol–water partition coefficient (Wildman–Crippen LogP) is 0.567. The lowest BCUT2D eigenvalue weighted by molar-refractivity contribution is -0.139. The fourth-order valence-corrected chi connectivity index (χ4v) is 2.69. The number of hydrogen-bond acceptors (Lipinski definition) is 5. The van der Waals surface area contributed by atoms with E-state index in [0.717, 1.165) is 25.7 Å². The highest BCUT2D eigenvalue weighted by atomic mass is 16.4. The quantitative estimate of drug-likeness (QED) is 0.730. The second-order valence-electron chi connectivity index (χ2n) is 5.47. The predicted molar refractivity (Wildman–Crippen MR) is 75.5 cm³/mol. The Bertz CT molecular complexity index is 486. The Morgan fingerprint density at radius 3 is 2.67 bits per heavy atom. The summed E-state index contributed by atoms with van der Waals surface area (Å²) in [5.41, 5.74) is 5.92. The zero-order valence-electron chi connectivity index (χ0n) is 11.7. The molecule has 1 aliphatic carbocycles. The highest BCUT2D eigenvalue weighted by Gasteiger charge is 2.26. The summed E-state index contributed by atoms with van der Waals surface area (Å²) in [6, 6.07) is 0.902. The first kappa shape index (κ1) is 15.4. The van der Waals surface area contributed by atoms with Gasteiger partial charge in [0.25, 0.3) is 5.91 Å². The molecule has 7 nitrogen and oxygen atoms in total. The molecular weight excluding hydrogens is 272 g/mol. The lowest BCUT2D eigenvalue weighted by Crippen LogP contribution is -2.39. The van der Waals surface area contributed by atoms with E-state index >= 15 is 0 Å². The Hall–Kier alpha value is -2.02. The number of carboxylic acids is 1. The fraction of sp³-hybridized carbons (Fsp3) is 0.571. The molecular formula is C14H20N4O3. The molecule has 1 atom stereocenters. The van der Waals surface area contributed by atoms with E-state index in [-0.39, 0.29) is 11.9 Å². The van der Waals surface area contributed by atoms with Crippen LogP contribution in [0.25, 0.3) is 0 Å². The van der Waals surface area contributed by atoms with Crippen molar-refractivity contribution in [2.75, 3.05) is 0 Å². The number of nitrogens with one attached hydrogen (secondary N) is 1. The molecule has 21 heavy (non-hydrogen) atoms. The van der Waals surface area contributed by atoms with Crippen molar-refractivity contribution >= 4 is 11.9 Å². The van der Waals surface area contributed by atoms with Crippen molar-refractivity contribution in [3.8, 4) is 0 Å². The number of hydrogen-bond donors (Lipinski definition) is 3. The molecule has 7 heteroatoms. The number of carbonyl (C=O) groups is 2. The van der Waals surface area contributed by atoms with Crippen LogP contribution in [0.1, 0.15) is 42.6 Å². The molecule has 0 bridgehead atoms. The summed E-state index contributed by atoms with van der Waals surface area (Å²) in [6.45, 7) is 0. The van der Waals surface area contributed by atoms with Gasteiger partial charge in [-0.25, -0.2) is 9.97 Å². The SMILES string of the molecule is N[C@@H](C[C@H]1CC[C@@H](NC(=O)c2ccncn2)CC1)C(=O)O. The number of carboxylic acid groups (broad SMARTS) is 1. The van der Waals surface area contributed by atoms with E-state index in [4.69, 9.17) is 10.8 Å². The van der Waals surface area contributed by atoms with Crippen molar-refractivity contribution in [3.63, 3.8) is 0 Å². The lowest BCUT2D eigenvalue weighted by Gasteiger charge is -2.29. The largest absolute Gasteiger partial charge is 0.480 e. The second kappa shape index (κ2) is 7.12. The number of amides is 1. The summed E-state index contributed by atoms with van der Waals surface area (Å²) in [6.07, 6.45) is 6.83. The minimum absolute atomic E-state index is 0.116. The molecule has 4 N–H and O–H groups in total. The van der Waals surface area contributed by atoms with Crippen molar-refractivity contribution in [1.82, 2.24) is 15.3 Å². The summed E-state index contributed by atoms with van der Waals surface area (Å²) in [5, 5.41) is 11.8. The van der Waals surface area contributed by atoms with Gasteiger partial charge in [-0.1, -0.05) is 0 Å². The number of aromatic nitrogens is 2. The van der Waals surface area contributed by atoms with Crippen molar-refractivity contribution in [1.29, 1.82) is 0 Å². The fourth-order valence-electron chi connectivity index (χ4n) is 2.69. The summed E-state index contributed by atoms with van der Waals surface area (Å²) in [7, 11) is 0. The molecule has 0 saturated heterocycles. The molecule has 1 heterocycles. The van der Waals surface area contributed by atoms with E-state index < -0.39 is 12.0 Å². The molecule has 0 spiro atoms. The molecule has 0 aliphatic heterocycles. The molecule has 0 radical (unpaired) electrons. The zero-order valence-corrected chi connectivity index (χ0v) is 11.7. The van der Waals surface area contributed by atoms with Crippen LogP contribution >= 0.6 is 0 Å². The molecule has 0 aromatic carbocycles. The van der Waals surface area contributed by atoms with Gasteiger partial charge in [-0.05, 0) is 44.1 Å². The smallest absolute Gasteiger partial charge is 0.320 e. The number of aliphatic carboxylic acids is 1. The van der Waals surface area contributed by atoms with E-state index in [2.05, 4.69) is 15.3 Å². The number of carbonyl (C=O) groups excluding carboxylic acids is 1. The van der Waals surface area contributed by atoms with Crippen LogP contribution in [-0.2, 0) is 4.79 Å². The standard InChI is InChI=1S/C14H20N4O3/c15-11(14(20)21)7-9-1-3-10(4-2-9)18-13(19)12-5-6-16-8-17-12/h5-6,8-11H,1-4,7,15H2,(H,18,19)(H,20,21)/t9-,10+,11-/m0/s1. The Balaban J connectivity index is 1.77. The lowest BCUT2D eigenvalue weighted by atomic mass is 9.82. The third kappa shape index (κ3) is 4.49.